The summed E-state index contributed by atoms with van der Waals surface area (Å²) in [6, 6.07) is 0.440. The number of amides is 1. The Kier molecular flexibility index (Phi) is 11.4. The Labute approximate surface area is 178 Å². The standard InChI is InChI=1S/C22H44N6O/c1-4-12-24-21(29)18-28-16-10-20(11-17-28)26-22(23-5-2)25-13-7-19-8-14-27(6-3)15-9-19/h19-20H,4-18H2,1-3H3,(H,24,29)(H2,23,25,26). The Balaban J connectivity index is 1.68. The number of rotatable bonds is 10. The molecule has 2 heterocycles. The second-order valence-corrected chi connectivity index (χ2v) is 8.47. The van der Waals surface area contributed by atoms with Gasteiger partial charge >= 0.3 is 0 Å². The fourth-order valence-corrected chi connectivity index (χ4v) is 4.22. The fraction of sp³-hybridized carbons (Fsp3) is 0.909. The molecule has 0 aromatic carbocycles. The molecule has 168 valence electrons. The number of hydrogen-bond donors (Lipinski definition) is 3. The van der Waals surface area contributed by atoms with Crippen molar-refractivity contribution in [2.45, 2.75) is 65.3 Å². The third-order valence-corrected chi connectivity index (χ3v) is 6.17. The van der Waals surface area contributed by atoms with E-state index in [2.05, 4.69) is 46.5 Å². The van der Waals surface area contributed by atoms with Crippen molar-refractivity contribution in [3.63, 3.8) is 0 Å². The first-order valence-electron chi connectivity index (χ1n) is 11.9. The topological polar surface area (TPSA) is 72.0 Å². The molecular formula is C22H44N6O. The molecule has 3 N–H and O–H groups in total. The maximum Gasteiger partial charge on any atom is 0.234 e. The molecule has 0 spiro atoms. The minimum Gasteiger partial charge on any atom is -0.357 e. The average molecular weight is 409 g/mol. The number of aliphatic imine (C=N–C) groups is 1. The molecule has 0 bridgehead atoms. The van der Waals surface area contributed by atoms with Gasteiger partial charge in [-0.3, -0.25) is 14.7 Å². The summed E-state index contributed by atoms with van der Waals surface area (Å²) in [5, 5.41) is 9.99. The Morgan fingerprint density at radius 2 is 1.66 bits per heavy atom. The van der Waals surface area contributed by atoms with Gasteiger partial charge in [-0.15, -0.1) is 0 Å². The molecule has 0 radical (unpaired) electrons. The highest BCUT2D eigenvalue weighted by Gasteiger charge is 2.22. The molecule has 2 rings (SSSR count). The van der Waals surface area contributed by atoms with Crippen molar-refractivity contribution in [3.05, 3.63) is 0 Å². The highest BCUT2D eigenvalue weighted by atomic mass is 16.2. The van der Waals surface area contributed by atoms with Crippen LogP contribution in [0.4, 0.5) is 0 Å². The van der Waals surface area contributed by atoms with Crippen molar-refractivity contribution < 1.29 is 4.79 Å². The zero-order valence-electron chi connectivity index (χ0n) is 19.0. The van der Waals surface area contributed by atoms with E-state index < -0.39 is 0 Å². The first kappa shape index (κ1) is 23.9. The Morgan fingerprint density at radius 3 is 2.28 bits per heavy atom. The lowest BCUT2D eigenvalue weighted by Crippen LogP contribution is -2.50. The quantitative estimate of drug-likeness (QED) is 0.379. The molecule has 0 aromatic heterocycles. The summed E-state index contributed by atoms with van der Waals surface area (Å²) in [6.07, 6.45) is 6.93. The number of guanidine groups is 1. The summed E-state index contributed by atoms with van der Waals surface area (Å²) in [5.41, 5.74) is 0. The molecule has 7 nitrogen and oxygen atoms in total. The van der Waals surface area contributed by atoms with Crippen LogP contribution in [0.25, 0.3) is 0 Å². The maximum atomic E-state index is 11.9. The lowest BCUT2D eigenvalue weighted by Gasteiger charge is -2.32. The number of piperidine rings is 2. The number of nitrogens with zero attached hydrogens (tertiary/aromatic N) is 3. The predicted octanol–water partition coefficient (Wildman–Crippen LogP) is 1.65. The SMILES string of the molecule is CCCNC(=O)CN1CCC(NC(=NCCC2CCN(CC)CC2)NCC)CC1. The second kappa shape index (κ2) is 13.8. The number of hydrogen-bond acceptors (Lipinski definition) is 4. The number of likely N-dealkylation sites (tertiary alicyclic amines) is 2. The molecule has 2 aliphatic rings. The van der Waals surface area contributed by atoms with E-state index in [-0.39, 0.29) is 5.91 Å². The van der Waals surface area contributed by atoms with Gasteiger partial charge in [0.1, 0.15) is 0 Å². The van der Waals surface area contributed by atoms with Gasteiger partial charge in [0.25, 0.3) is 0 Å². The van der Waals surface area contributed by atoms with Gasteiger partial charge in [-0.2, -0.15) is 0 Å². The van der Waals surface area contributed by atoms with Crippen molar-refractivity contribution >= 4 is 11.9 Å². The van der Waals surface area contributed by atoms with E-state index >= 15 is 0 Å². The number of carbonyl (C=O) groups is 1. The van der Waals surface area contributed by atoms with Crippen LogP contribution in [0.3, 0.4) is 0 Å². The summed E-state index contributed by atoms with van der Waals surface area (Å²) >= 11 is 0. The highest BCUT2D eigenvalue weighted by Crippen LogP contribution is 2.20. The van der Waals surface area contributed by atoms with Crippen molar-refractivity contribution in [3.8, 4) is 0 Å². The van der Waals surface area contributed by atoms with Crippen LogP contribution in [0.1, 0.15) is 59.3 Å². The second-order valence-electron chi connectivity index (χ2n) is 8.47. The number of carbonyl (C=O) groups excluding carboxylic acids is 1. The molecule has 0 aromatic rings. The average Bonchev–Trinajstić information content (AvgIpc) is 2.74. The van der Waals surface area contributed by atoms with Gasteiger partial charge in [-0.05, 0) is 71.0 Å². The van der Waals surface area contributed by atoms with Crippen LogP contribution < -0.4 is 16.0 Å². The minimum absolute atomic E-state index is 0.151. The van der Waals surface area contributed by atoms with Crippen LogP contribution in [0, 0.1) is 5.92 Å². The first-order chi connectivity index (χ1) is 14.1. The van der Waals surface area contributed by atoms with Gasteiger partial charge in [-0.25, -0.2) is 0 Å². The fourth-order valence-electron chi connectivity index (χ4n) is 4.22. The summed E-state index contributed by atoms with van der Waals surface area (Å²) < 4.78 is 0. The zero-order valence-corrected chi connectivity index (χ0v) is 19.0. The van der Waals surface area contributed by atoms with E-state index in [1.165, 1.54) is 38.9 Å². The van der Waals surface area contributed by atoms with E-state index in [1.807, 2.05) is 0 Å². The number of nitrogens with one attached hydrogen (secondary N) is 3. The molecule has 0 unspecified atom stereocenters. The van der Waals surface area contributed by atoms with Crippen LogP contribution in [-0.2, 0) is 4.79 Å². The van der Waals surface area contributed by atoms with Gasteiger partial charge < -0.3 is 20.9 Å². The summed E-state index contributed by atoms with van der Waals surface area (Å²) in [4.78, 5) is 21.6. The zero-order chi connectivity index (χ0) is 20.9. The van der Waals surface area contributed by atoms with Gasteiger partial charge in [0.2, 0.25) is 5.91 Å². The van der Waals surface area contributed by atoms with Crippen LogP contribution in [-0.4, -0.2) is 86.6 Å². The summed E-state index contributed by atoms with van der Waals surface area (Å²) in [5.74, 6) is 1.93. The van der Waals surface area contributed by atoms with Crippen LogP contribution in [0.2, 0.25) is 0 Å². The molecule has 0 aliphatic carbocycles. The van der Waals surface area contributed by atoms with Crippen LogP contribution in [0.5, 0.6) is 0 Å². The molecular weight excluding hydrogens is 364 g/mol. The van der Waals surface area contributed by atoms with Crippen LogP contribution in [0.15, 0.2) is 4.99 Å². The van der Waals surface area contributed by atoms with Gasteiger partial charge in [0.05, 0.1) is 6.54 Å². The van der Waals surface area contributed by atoms with E-state index in [4.69, 9.17) is 4.99 Å². The minimum atomic E-state index is 0.151. The van der Waals surface area contributed by atoms with Gasteiger partial charge in [0.15, 0.2) is 5.96 Å². The molecule has 0 atom stereocenters. The van der Waals surface area contributed by atoms with Crippen molar-refractivity contribution in [1.29, 1.82) is 0 Å². The molecule has 29 heavy (non-hydrogen) atoms. The normalized spacial score (nSPS) is 20.6. The van der Waals surface area contributed by atoms with E-state index in [0.717, 1.165) is 63.9 Å². The molecule has 1 amide bonds. The molecule has 0 saturated carbocycles. The molecule has 2 fully saturated rings. The largest absolute Gasteiger partial charge is 0.357 e. The van der Waals surface area contributed by atoms with Gasteiger partial charge in [0, 0.05) is 38.8 Å². The predicted molar refractivity (Wildman–Crippen MR) is 121 cm³/mol. The lowest BCUT2D eigenvalue weighted by atomic mass is 9.94. The summed E-state index contributed by atoms with van der Waals surface area (Å²) in [7, 11) is 0. The smallest absolute Gasteiger partial charge is 0.234 e. The third kappa shape index (κ3) is 9.34. The molecule has 7 heteroatoms. The monoisotopic (exact) mass is 408 g/mol. The van der Waals surface area contributed by atoms with Crippen molar-refractivity contribution in [1.82, 2.24) is 25.8 Å². The Morgan fingerprint density at radius 1 is 0.966 bits per heavy atom. The molecule has 2 saturated heterocycles. The van der Waals surface area contributed by atoms with Crippen LogP contribution >= 0.6 is 0 Å². The van der Waals surface area contributed by atoms with E-state index in [9.17, 15) is 4.79 Å². The Bertz CT molecular complexity index is 482. The van der Waals surface area contributed by atoms with E-state index in [0.29, 0.717) is 12.6 Å². The summed E-state index contributed by atoms with van der Waals surface area (Å²) in [6.45, 7) is 15.2. The highest BCUT2D eigenvalue weighted by molar-refractivity contribution is 5.80. The maximum absolute atomic E-state index is 11.9. The Hall–Kier alpha value is -1.34. The van der Waals surface area contributed by atoms with E-state index in [1.54, 1.807) is 0 Å². The third-order valence-electron chi connectivity index (χ3n) is 6.17. The first-order valence-corrected chi connectivity index (χ1v) is 11.9. The van der Waals surface area contributed by atoms with Gasteiger partial charge in [-0.1, -0.05) is 13.8 Å². The van der Waals surface area contributed by atoms with Crippen molar-refractivity contribution in [2.75, 3.05) is 58.9 Å². The lowest BCUT2D eigenvalue weighted by molar-refractivity contribution is -0.122. The van der Waals surface area contributed by atoms with Crippen molar-refractivity contribution in [2.24, 2.45) is 10.9 Å². The molecule has 2 aliphatic heterocycles.